The Balaban J connectivity index is 1.30. The van der Waals surface area contributed by atoms with Crippen LogP contribution in [-0.2, 0) is 5.54 Å². The minimum atomic E-state index is -0.545. The zero-order valence-corrected chi connectivity index (χ0v) is 19.5. The molecular formula is C26H26N4O3S. The normalized spacial score (nSPS) is 27.0. The predicted octanol–water partition coefficient (Wildman–Crippen LogP) is 6.12. The predicted molar refractivity (Wildman–Crippen MR) is 130 cm³/mol. The molecule has 0 radical (unpaired) electrons. The molecule has 3 aromatic rings. The minimum absolute atomic E-state index is 0.111. The fraction of sp³-hybridized carbons (Fsp3) is 0.385. The first-order valence-electron chi connectivity index (χ1n) is 11.9. The fourth-order valence-electron chi connectivity index (χ4n) is 6.70. The molecule has 1 N–H and O–H groups in total. The highest BCUT2D eigenvalue weighted by Crippen LogP contribution is 2.58. The van der Waals surface area contributed by atoms with Gasteiger partial charge in [-0.1, -0.05) is 42.1 Å². The molecule has 0 saturated heterocycles. The van der Waals surface area contributed by atoms with Crippen molar-refractivity contribution in [2.24, 2.45) is 17.8 Å². The maximum atomic E-state index is 13.3. The molecule has 1 heterocycles. The standard InChI is InChI=1S/C26H26N4O3S/c31-25(27-21-8-4-5-9-23(21)34-20-6-2-1-3-7-20)24-22(30(32)33)16-29(28-24)26-13-17-10-18(14-26)12-19(11-17)15-26/h1-9,16-19H,10-15H2,(H,27,31). The van der Waals surface area contributed by atoms with Gasteiger partial charge in [-0.2, -0.15) is 5.10 Å². The molecule has 4 saturated carbocycles. The molecule has 2 aromatic carbocycles. The Morgan fingerprint density at radius 2 is 1.62 bits per heavy atom. The number of aromatic nitrogens is 2. The van der Waals surface area contributed by atoms with E-state index in [1.165, 1.54) is 37.2 Å². The van der Waals surface area contributed by atoms with Crippen LogP contribution in [0.25, 0.3) is 0 Å². The lowest BCUT2D eigenvalue weighted by atomic mass is 9.53. The van der Waals surface area contributed by atoms with Crippen LogP contribution in [0.1, 0.15) is 49.0 Å². The molecular weight excluding hydrogens is 448 g/mol. The summed E-state index contributed by atoms with van der Waals surface area (Å²) in [5.74, 6) is 1.48. The summed E-state index contributed by atoms with van der Waals surface area (Å²) in [5, 5.41) is 19.4. The molecule has 8 heteroatoms. The van der Waals surface area contributed by atoms with Gasteiger partial charge in [0.25, 0.3) is 5.91 Å². The summed E-state index contributed by atoms with van der Waals surface area (Å²) in [6.45, 7) is 0. The van der Waals surface area contributed by atoms with Gasteiger partial charge in [0.05, 0.1) is 16.1 Å². The second-order valence-corrected chi connectivity index (χ2v) is 11.2. The van der Waals surface area contributed by atoms with E-state index in [0.717, 1.165) is 29.1 Å². The maximum Gasteiger partial charge on any atom is 0.320 e. The van der Waals surface area contributed by atoms with Crippen LogP contribution in [0.5, 0.6) is 0 Å². The second-order valence-electron chi connectivity index (χ2n) is 10.1. The van der Waals surface area contributed by atoms with Gasteiger partial charge in [-0.05, 0) is 80.5 Å². The van der Waals surface area contributed by atoms with E-state index in [4.69, 9.17) is 0 Å². The number of carbonyl (C=O) groups excluding carboxylic acids is 1. The number of anilines is 1. The summed E-state index contributed by atoms with van der Waals surface area (Å²) in [5.41, 5.74) is 0.0979. The topological polar surface area (TPSA) is 90.1 Å². The van der Waals surface area contributed by atoms with Crippen LogP contribution in [0.4, 0.5) is 11.4 Å². The van der Waals surface area contributed by atoms with Gasteiger partial charge in [0.2, 0.25) is 5.69 Å². The van der Waals surface area contributed by atoms with Crippen LogP contribution in [0.15, 0.2) is 70.6 Å². The maximum absolute atomic E-state index is 13.3. The van der Waals surface area contributed by atoms with E-state index >= 15 is 0 Å². The molecule has 1 aromatic heterocycles. The number of hydrogen-bond acceptors (Lipinski definition) is 5. The second kappa shape index (κ2) is 8.27. The van der Waals surface area contributed by atoms with E-state index in [1.807, 2.05) is 54.6 Å². The monoisotopic (exact) mass is 474 g/mol. The summed E-state index contributed by atoms with van der Waals surface area (Å²) < 4.78 is 1.79. The van der Waals surface area contributed by atoms with Crippen molar-refractivity contribution in [1.29, 1.82) is 0 Å². The molecule has 4 bridgehead atoms. The molecule has 7 nitrogen and oxygen atoms in total. The van der Waals surface area contributed by atoms with E-state index in [9.17, 15) is 14.9 Å². The number of hydrogen-bond donors (Lipinski definition) is 1. The number of benzene rings is 2. The van der Waals surface area contributed by atoms with Crippen LogP contribution in [-0.4, -0.2) is 20.6 Å². The zero-order chi connectivity index (χ0) is 23.3. The summed E-state index contributed by atoms with van der Waals surface area (Å²) in [6.07, 6.45) is 8.34. The van der Waals surface area contributed by atoms with Gasteiger partial charge in [0, 0.05) is 9.79 Å². The van der Waals surface area contributed by atoms with Crippen molar-refractivity contribution in [2.45, 2.75) is 53.9 Å². The average molecular weight is 475 g/mol. The highest BCUT2D eigenvalue weighted by molar-refractivity contribution is 7.99. The van der Waals surface area contributed by atoms with Crippen LogP contribution >= 0.6 is 11.8 Å². The summed E-state index contributed by atoms with van der Waals surface area (Å²) in [6, 6.07) is 17.4. The largest absolute Gasteiger partial charge is 0.320 e. The van der Waals surface area contributed by atoms with Crippen molar-refractivity contribution in [3.8, 4) is 0 Å². The van der Waals surface area contributed by atoms with Crippen LogP contribution < -0.4 is 5.32 Å². The lowest BCUT2D eigenvalue weighted by molar-refractivity contribution is -0.385. The van der Waals surface area contributed by atoms with E-state index in [0.29, 0.717) is 23.4 Å². The number of rotatable bonds is 6. The third kappa shape index (κ3) is 3.79. The molecule has 7 rings (SSSR count). The highest BCUT2D eigenvalue weighted by Gasteiger charge is 2.53. The van der Waals surface area contributed by atoms with Crippen molar-refractivity contribution in [1.82, 2.24) is 9.78 Å². The van der Waals surface area contributed by atoms with E-state index < -0.39 is 10.8 Å². The summed E-state index contributed by atoms with van der Waals surface area (Å²) in [4.78, 5) is 26.6. The van der Waals surface area contributed by atoms with Gasteiger partial charge in [0.1, 0.15) is 6.20 Å². The van der Waals surface area contributed by atoms with Crippen LogP contribution in [0, 0.1) is 27.9 Å². The van der Waals surface area contributed by atoms with Crippen molar-refractivity contribution < 1.29 is 9.72 Å². The zero-order valence-electron chi connectivity index (χ0n) is 18.7. The Kier molecular flexibility index (Phi) is 5.21. The van der Waals surface area contributed by atoms with Gasteiger partial charge in [-0.3, -0.25) is 19.6 Å². The molecule has 0 spiro atoms. The Hall–Kier alpha value is -3.13. The third-order valence-corrected chi connectivity index (χ3v) is 8.79. The summed E-state index contributed by atoms with van der Waals surface area (Å²) in [7, 11) is 0. The first-order valence-corrected chi connectivity index (χ1v) is 12.7. The molecule has 4 aliphatic carbocycles. The molecule has 1 amide bonds. The van der Waals surface area contributed by atoms with Gasteiger partial charge >= 0.3 is 5.69 Å². The number of para-hydroxylation sites is 1. The van der Waals surface area contributed by atoms with Crippen molar-refractivity contribution >= 4 is 29.0 Å². The molecule has 0 unspecified atom stereocenters. The van der Waals surface area contributed by atoms with Crippen LogP contribution in [0.3, 0.4) is 0 Å². The van der Waals surface area contributed by atoms with Gasteiger partial charge in [0.15, 0.2) is 0 Å². The molecule has 34 heavy (non-hydrogen) atoms. The smallest absolute Gasteiger partial charge is 0.319 e. The van der Waals surface area contributed by atoms with Crippen molar-refractivity contribution in [3.63, 3.8) is 0 Å². The Labute approximate surface area is 202 Å². The summed E-state index contributed by atoms with van der Waals surface area (Å²) >= 11 is 1.53. The van der Waals surface area contributed by atoms with Gasteiger partial charge in [-0.25, -0.2) is 0 Å². The molecule has 0 atom stereocenters. The Morgan fingerprint density at radius 3 is 2.26 bits per heavy atom. The van der Waals surface area contributed by atoms with Crippen LogP contribution in [0.2, 0.25) is 0 Å². The first kappa shape index (κ1) is 21.4. The first-order chi connectivity index (χ1) is 16.5. The Morgan fingerprint density at radius 1 is 1.00 bits per heavy atom. The van der Waals surface area contributed by atoms with Gasteiger partial charge in [-0.15, -0.1) is 0 Å². The molecule has 4 aliphatic rings. The van der Waals surface area contributed by atoms with Crippen molar-refractivity contribution in [3.05, 3.63) is 76.6 Å². The number of nitrogens with one attached hydrogen (secondary N) is 1. The van der Waals surface area contributed by atoms with E-state index in [-0.39, 0.29) is 16.9 Å². The number of nitro groups is 1. The minimum Gasteiger partial charge on any atom is -0.319 e. The Bertz CT molecular complexity index is 1220. The number of amides is 1. The van der Waals surface area contributed by atoms with Crippen molar-refractivity contribution in [2.75, 3.05) is 5.32 Å². The quantitative estimate of drug-likeness (QED) is 0.343. The lowest BCUT2D eigenvalue weighted by Crippen LogP contribution is -2.52. The number of carbonyl (C=O) groups is 1. The van der Waals surface area contributed by atoms with E-state index in [2.05, 4.69) is 10.4 Å². The van der Waals surface area contributed by atoms with E-state index in [1.54, 1.807) is 4.68 Å². The molecule has 0 aliphatic heterocycles. The molecule has 4 fully saturated rings. The fourth-order valence-corrected chi connectivity index (χ4v) is 7.63. The highest BCUT2D eigenvalue weighted by atomic mass is 32.2. The SMILES string of the molecule is O=C(Nc1ccccc1Sc1ccccc1)c1nn(C23CC4CC(CC(C4)C2)C3)cc1[N+](=O)[O-]. The molecule has 174 valence electrons. The number of nitrogens with zero attached hydrogens (tertiary/aromatic N) is 3. The third-order valence-electron chi connectivity index (χ3n) is 7.70. The average Bonchev–Trinajstić information content (AvgIpc) is 3.27. The lowest BCUT2D eigenvalue weighted by Gasteiger charge is -2.56. The van der Waals surface area contributed by atoms with Gasteiger partial charge < -0.3 is 5.32 Å².